The second-order valence-corrected chi connectivity index (χ2v) is 4.96. The predicted molar refractivity (Wildman–Crippen MR) is 61.1 cm³/mol. The maximum atomic E-state index is 12.2. The molecule has 80 valence electrons. The summed E-state index contributed by atoms with van der Waals surface area (Å²) < 4.78 is 0. The van der Waals surface area contributed by atoms with Crippen molar-refractivity contribution in [3.8, 4) is 0 Å². The van der Waals surface area contributed by atoms with Crippen molar-refractivity contribution >= 4 is 5.78 Å². The largest absolute Gasteiger partial charge is 0.308 e. The number of benzene rings is 1. The molecule has 2 nitrogen and oxygen atoms in total. The molecule has 0 fully saturated rings. The van der Waals surface area contributed by atoms with Gasteiger partial charge in [-0.2, -0.15) is 0 Å². The molecule has 1 aliphatic rings. The lowest BCUT2D eigenvalue weighted by Gasteiger charge is -2.25. The Hall–Kier alpha value is -1.15. The summed E-state index contributed by atoms with van der Waals surface area (Å²) >= 11 is 0. The minimum atomic E-state index is -0.229. The van der Waals surface area contributed by atoms with Gasteiger partial charge in [0.05, 0.1) is 0 Å². The zero-order valence-electron chi connectivity index (χ0n) is 9.58. The van der Waals surface area contributed by atoms with Crippen LogP contribution in [0, 0.1) is 5.41 Å². The fourth-order valence-corrected chi connectivity index (χ4v) is 2.55. The van der Waals surface area contributed by atoms with Gasteiger partial charge in [0.1, 0.15) is 0 Å². The highest BCUT2D eigenvalue weighted by molar-refractivity contribution is 6.04. The molecule has 0 amide bonds. The van der Waals surface area contributed by atoms with Crippen molar-refractivity contribution in [2.24, 2.45) is 5.41 Å². The number of hydrogen-bond acceptors (Lipinski definition) is 2. The smallest absolute Gasteiger partial charge is 0.170 e. The Bertz CT molecular complexity index is 397. The molecular formula is C13H17NO. The van der Waals surface area contributed by atoms with E-state index in [1.807, 2.05) is 32.3 Å². The van der Waals surface area contributed by atoms with Crippen LogP contribution in [0.25, 0.3) is 0 Å². The quantitative estimate of drug-likeness (QED) is 0.732. The number of carbonyl (C=O) groups excluding carboxylic acids is 1. The molecule has 1 unspecified atom stereocenters. The van der Waals surface area contributed by atoms with E-state index in [-0.39, 0.29) is 5.41 Å². The third-order valence-electron chi connectivity index (χ3n) is 3.06. The monoisotopic (exact) mass is 203 g/mol. The van der Waals surface area contributed by atoms with Crippen LogP contribution in [0.3, 0.4) is 0 Å². The van der Waals surface area contributed by atoms with Crippen molar-refractivity contribution in [3.63, 3.8) is 0 Å². The average Bonchev–Trinajstić information content (AvgIpc) is 2.39. The molecule has 0 spiro atoms. The van der Waals surface area contributed by atoms with Gasteiger partial charge in [-0.25, -0.2) is 0 Å². The summed E-state index contributed by atoms with van der Waals surface area (Å²) in [5.74, 6) is 0.298. The van der Waals surface area contributed by atoms with Crippen LogP contribution < -0.4 is 0 Å². The molecule has 1 atom stereocenters. The molecule has 1 aromatic rings. The normalized spacial score (nSPS) is 24.7. The average molecular weight is 203 g/mol. The van der Waals surface area contributed by atoms with E-state index in [4.69, 9.17) is 0 Å². The summed E-state index contributed by atoms with van der Waals surface area (Å²) in [6.07, 6.45) is 0.875. The van der Waals surface area contributed by atoms with E-state index in [2.05, 4.69) is 17.9 Å². The SMILES string of the molecule is CN(C)CC1(C)Cc2ccccc2C1=O. The highest BCUT2D eigenvalue weighted by atomic mass is 16.1. The van der Waals surface area contributed by atoms with Crippen molar-refractivity contribution < 1.29 is 4.79 Å². The first-order valence-electron chi connectivity index (χ1n) is 5.30. The van der Waals surface area contributed by atoms with Crippen molar-refractivity contribution in [3.05, 3.63) is 35.4 Å². The number of nitrogens with zero attached hydrogens (tertiary/aromatic N) is 1. The van der Waals surface area contributed by atoms with Gasteiger partial charge in [-0.15, -0.1) is 0 Å². The van der Waals surface area contributed by atoms with Gasteiger partial charge in [-0.1, -0.05) is 31.2 Å². The topological polar surface area (TPSA) is 20.3 Å². The van der Waals surface area contributed by atoms with Crippen LogP contribution in [-0.2, 0) is 6.42 Å². The van der Waals surface area contributed by atoms with E-state index in [1.54, 1.807) is 0 Å². The van der Waals surface area contributed by atoms with E-state index in [9.17, 15) is 4.79 Å². The Morgan fingerprint density at radius 1 is 1.33 bits per heavy atom. The summed E-state index contributed by atoms with van der Waals surface area (Å²) in [6, 6.07) is 7.96. The van der Waals surface area contributed by atoms with E-state index < -0.39 is 0 Å². The third kappa shape index (κ3) is 1.70. The van der Waals surface area contributed by atoms with Crippen LogP contribution in [0.1, 0.15) is 22.8 Å². The standard InChI is InChI=1S/C13H17NO/c1-13(9-14(2)3)8-10-6-4-5-7-11(10)12(13)15/h4-7H,8-9H2,1-3H3. The van der Waals surface area contributed by atoms with Gasteiger partial charge < -0.3 is 4.90 Å². The maximum Gasteiger partial charge on any atom is 0.170 e. The number of hydrogen-bond donors (Lipinski definition) is 0. The zero-order valence-corrected chi connectivity index (χ0v) is 9.58. The van der Waals surface area contributed by atoms with Gasteiger partial charge in [0.25, 0.3) is 0 Å². The van der Waals surface area contributed by atoms with Crippen LogP contribution in [0.5, 0.6) is 0 Å². The Balaban J connectivity index is 2.34. The molecule has 15 heavy (non-hydrogen) atoms. The van der Waals surface area contributed by atoms with E-state index in [1.165, 1.54) is 5.56 Å². The molecule has 1 aliphatic carbocycles. The van der Waals surface area contributed by atoms with E-state index in [0.717, 1.165) is 18.5 Å². The molecule has 1 aromatic carbocycles. The Labute approximate surface area is 90.9 Å². The van der Waals surface area contributed by atoms with Gasteiger partial charge >= 0.3 is 0 Å². The van der Waals surface area contributed by atoms with Crippen LogP contribution in [0.2, 0.25) is 0 Å². The van der Waals surface area contributed by atoms with Crippen molar-refractivity contribution in [2.45, 2.75) is 13.3 Å². The lowest BCUT2D eigenvalue weighted by Crippen LogP contribution is -2.36. The number of rotatable bonds is 2. The van der Waals surface area contributed by atoms with Crippen LogP contribution in [0.15, 0.2) is 24.3 Å². The van der Waals surface area contributed by atoms with Crippen molar-refractivity contribution in [1.29, 1.82) is 0 Å². The molecule has 0 bridgehead atoms. The van der Waals surface area contributed by atoms with Gasteiger partial charge in [-0.3, -0.25) is 4.79 Å². The summed E-state index contributed by atoms with van der Waals surface area (Å²) in [7, 11) is 4.03. The fraction of sp³-hybridized carbons (Fsp3) is 0.462. The molecule has 0 N–H and O–H groups in total. The lowest BCUT2D eigenvalue weighted by molar-refractivity contribution is 0.0799. The third-order valence-corrected chi connectivity index (χ3v) is 3.06. The number of carbonyl (C=O) groups is 1. The highest BCUT2D eigenvalue weighted by Crippen LogP contribution is 2.36. The molecular weight excluding hydrogens is 186 g/mol. The summed E-state index contributed by atoms with van der Waals surface area (Å²) in [4.78, 5) is 14.3. The summed E-state index contributed by atoms with van der Waals surface area (Å²) in [5, 5.41) is 0. The van der Waals surface area contributed by atoms with Crippen molar-refractivity contribution in [2.75, 3.05) is 20.6 Å². The molecule has 0 aliphatic heterocycles. The first-order valence-corrected chi connectivity index (χ1v) is 5.30. The molecule has 0 saturated heterocycles. The molecule has 2 heteroatoms. The fourth-order valence-electron chi connectivity index (χ4n) is 2.55. The van der Waals surface area contributed by atoms with Gasteiger partial charge in [0, 0.05) is 17.5 Å². The number of ketones is 1. The van der Waals surface area contributed by atoms with Gasteiger partial charge in [-0.05, 0) is 26.1 Å². The first kappa shape index (κ1) is 10.4. The minimum Gasteiger partial charge on any atom is -0.308 e. The molecule has 2 rings (SSSR count). The predicted octanol–water partition coefficient (Wildman–Crippen LogP) is 1.99. The van der Waals surface area contributed by atoms with Crippen LogP contribution >= 0.6 is 0 Å². The Morgan fingerprint density at radius 3 is 2.60 bits per heavy atom. The zero-order chi connectivity index (χ0) is 11.1. The molecule has 0 saturated carbocycles. The molecule has 0 radical (unpaired) electrons. The van der Waals surface area contributed by atoms with Gasteiger partial charge in [0.2, 0.25) is 0 Å². The Kier molecular flexibility index (Phi) is 2.39. The Morgan fingerprint density at radius 2 is 2.00 bits per heavy atom. The van der Waals surface area contributed by atoms with Crippen molar-refractivity contribution in [1.82, 2.24) is 4.90 Å². The highest BCUT2D eigenvalue weighted by Gasteiger charge is 2.41. The first-order chi connectivity index (χ1) is 7.03. The summed E-state index contributed by atoms with van der Waals surface area (Å²) in [6.45, 7) is 2.88. The van der Waals surface area contributed by atoms with Gasteiger partial charge in [0.15, 0.2) is 5.78 Å². The van der Waals surface area contributed by atoms with E-state index >= 15 is 0 Å². The second-order valence-electron chi connectivity index (χ2n) is 4.96. The van der Waals surface area contributed by atoms with E-state index in [0.29, 0.717) is 5.78 Å². The van der Waals surface area contributed by atoms with Crippen LogP contribution in [-0.4, -0.2) is 31.3 Å². The minimum absolute atomic E-state index is 0.229. The molecule has 0 aromatic heterocycles. The lowest BCUT2D eigenvalue weighted by atomic mass is 9.85. The molecule has 0 heterocycles. The number of Topliss-reactive ketones (excluding diaryl/α,β-unsaturated/α-hetero) is 1. The number of fused-ring (bicyclic) bond motifs is 1. The maximum absolute atomic E-state index is 12.2. The second kappa shape index (κ2) is 3.46. The van der Waals surface area contributed by atoms with Crippen LogP contribution in [0.4, 0.5) is 0 Å². The summed E-state index contributed by atoms with van der Waals surface area (Å²) in [5.41, 5.74) is 1.89.